The molecule has 1 atom stereocenters. The van der Waals surface area contributed by atoms with Crippen LogP contribution in [0.15, 0.2) is 0 Å². The number of carbonyl (C=O) groups excluding carboxylic acids is 1. The highest BCUT2D eigenvalue weighted by Crippen LogP contribution is 2.07. The van der Waals surface area contributed by atoms with Crippen molar-refractivity contribution in [2.45, 2.75) is 39.2 Å². The molecule has 0 aromatic carbocycles. The van der Waals surface area contributed by atoms with Gasteiger partial charge in [-0.15, -0.1) is 0 Å². The summed E-state index contributed by atoms with van der Waals surface area (Å²) in [4.78, 5) is 11.0. The molecule has 84 valence electrons. The number of amides is 1. The summed E-state index contributed by atoms with van der Waals surface area (Å²) in [6.07, 6.45) is 3.75. The number of carbonyl (C=O) groups is 1. The maximum atomic E-state index is 11.0. The summed E-state index contributed by atoms with van der Waals surface area (Å²) in [6.45, 7) is 4.97. The third kappa shape index (κ3) is 7.21. The number of unbranched alkanes of at least 4 members (excludes halogenated alkanes) is 2. The minimum Gasteiger partial charge on any atom is -0.368 e. The van der Waals surface area contributed by atoms with E-state index in [1.807, 2.05) is 6.92 Å². The van der Waals surface area contributed by atoms with Crippen molar-refractivity contribution in [3.63, 3.8) is 0 Å². The van der Waals surface area contributed by atoms with Crippen molar-refractivity contribution < 1.29 is 4.79 Å². The number of rotatable bonds is 9. The van der Waals surface area contributed by atoms with Gasteiger partial charge in [-0.3, -0.25) is 4.79 Å². The molecule has 0 saturated heterocycles. The number of hydrogen-bond acceptors (Lipinski definition) is 3. The number of hydrogen-bond donors (Lipinski definition) is 2. The Bertz CT molecular complexity index is 153. The molecule has 0 rings (SSSR count). The van der Waals surface area contributed by atoms with Gasteiger partial charge >= 0.3 is 0 Å². The van der Waals surface area contributed by atoms with Crippen molar-refractivity contribution in [3.05, 3.63) is 0 Å². The summed E-state index contributed by atoms with van der Waals surface area (Å²) in [5.74, 6) is 1.69. The number of nitrogens with two attached hydrogens (primary N) is 1. The first kappa shape index (κ1) is 13.8. The Morgan fingerprint density at radius 1 is 1.43 bits per heavy atom. The topological polar surface area (TPSA) is 55.1 Å². The molecule has 3 N–H and O–H groups in total. The van der Waals surface area contributed by atoms with Crippen LogP contribution < -0.4 is 11.1 Å². The molecule has 3 nitrogen and oxygen atoms in total. The van der Waals surface area contributed by atoms with E-state index in [9.17, 15) is 4.79 Å². The Hall–Kier alpha value is -0.220. The molecule has 0 bridgehead atoms. The van der Waals surface area contributed by atoms with Gasteiger partial charge in [0.15, 0.2) is 0 Å². The van der Waals surface area contributed by atoms with Gasteiger partial charge in [-0.2, -0.15) is 11.8 Å². The van der Waals surface area contributed by atoms with Crippen molar-refractivity contribution in [2.24, 2.45) is 5.73 Å². The first-order chi connectivity index (χ1) is 6.72. The molecule has 0 spiro atoms. The zero-order valence-electron chi connectivity index (χ0n) is 9.21. The lowest BCUT2D eigenvalue weighted by Crippen LogP contribution is -2.43. The Balaban J connectivity index is 3.46. The number of thioether (sulfide) groups is 1. The monoisotopic (exact) mass is 218 g/mol. The summed E-state index contributed by atoms with van der Waals surface area (Å²) in [6, 6.07) is -0.161. The molecule has 14 heavy (non-hydrogen) atoms. The number of primary amides is 1. The smallest absolute Gasteiger partial charge is 0.235 e. The molecule has 0 radical (unpaired) electrons. The number of nitrogens with one attached hydrogen (secondary N) is 1. The minimum absolute atomic E-state index is 0.161. The summed E-state index contributed by atoms with van der Waals surface area (Å²) in [7, 11) is 0. The molecule has 0 aliphatic carbocycles. The first-order valence-electron chi connectivity index (χ1n) is 5.32. The van der Waals surface area contributed by atoms with Crippen molar-refractivity contribution in [2.75, 3.05) is 18.1 Å². The van der Waals surface area contributed by atoms with E-state index >= 15 is 0 Å². The highest BCUT2D eigenvalue weighted by Gasteiger charge is 2.12. The average molecular weight is 218 g/mol. The van der Waals surface area contributed by atoms with Crippen molar-refractivity contribution >= 4 is 17.7 Å². The zero-order valence-corrected chi connectivity index (χ0v) is 10.0. The van der Waals surface area contributed by atoms with Gasteiger partial charge in [-0.1, -0.05) is 26.7 Å². The largest absolute Gasteiger partial charge is 0.368 e. The van der Waals surface area contributed by atoms with Crippen molar-refractivity contribution in [1.82, 2.24) is 5.32 Å². The lowest BCUT2D eigenvalue weighted by Gasteiger charge is -2.13. The lowest BCUT2D eigenvalue weighted by atomic mass is 10.3. The normalized spacial score (nSPS) is 12.7. The van der Waals surface area contributed by atoms with Gasteiger partial charge in [0.2, 0.25) is 5.91 Å². The third-order valence-electron chi connectivity index (χ3n) is 1.97. The van der Waals surface area contributed by atoms with Crippen molar-refractivity contribution in [1.29, 1.82) is 0 Å². The van der Waals surface area contributed by atoms with Gasteiger partial charge in [-0.05, 0) is 18.7 Å². The first-order valence-corrected chi connectivity index (χ1v) is 6.48. The molecular formula is C10H22N2OS. The van der Waals surface area contributed by atoms with Gasteiger partial charge in [0, 0.05) is 5.75 Å². The van der Waals surface area contributed by atoms with Crippen LogP contribution in [0.5, 0.6) is 0 Å². The summed E-state index contributed by atoms with van der Waals surface area (Å²) in [5.41, 5.74) is 5.25. The molecule has 0 saturated carbocycles. The van der Waals surface area contributed by atoms with Crippen molar-refractivity contribution in [3.8, 4) is 0 Å². The maximum Gasteiger partial charge on any atom is 0.235 e. The maximum absolute atomic E-state index is 11.0. The summed E-state index contributed by atoms with van der Waals surface area (Å²) in [5, 5.41) is 3.08. The van der Waals surface area contributed by atoms with Crippen LogP contribution >= 0.6 is 11.8 Å². The van der Waals surface area contributed by atoms with Crippen LogP contribution in [0.3, 0.4) is 0 Å². The molecule has 0 aliphatic rings. The van der Waals surface area contributed by atoms with E-state index < -0.39 is 0 Å². The Labute approximate surface area is 91.2 Å². The van der Waals surface area contributed by atoms with Gasteiger partial charge in [0.25, 0.3) is 0 Å². The fourth-order valence-electron chi connectivity index (χ4n) is 1.14. The van der Waals surface area contributed by atoms with Crippen LogP contribution in [-0.2, 0) is 4.79 Å². The van der Waals surface area contributed by atoms with Crippen LogP contribution in [0.2, 0.25) is 0 Å². The number of likely N-dealkylation sites (N-methyl/N-ethyl adjacent to an activating group) is 1. The Morgan fingerprint density at radius 3 is 2.64 bits per heavy atom. The van der Waals surface area contributed by atoms with Crippen LogP contribution in [0, 0.1) is 0 Å². The van der Waals surface area contributed by atoms with E-state index in [1.165, 1.54) is 19.3 Å². The predicted molar refractivity (Wildman–Crippen MR) is 63.5 cm³/mol. The Morgan fingerprint density at radius 2 is 2.14 bits per heavy atom. The summed E-state index contributed by atoms with van der Waals surface area (Å²) < 4.78 is 0. The molecule has 0 fully saturated rings. The molecule has 0 aliphatic heterocycles. The standard InChI is InChI=1S/C10H22N2OS/c1-3-5-6-7-14-8-9(10(11)13)12-4-2/h9,12H,3-8H2,1-2H3,(H2,11,13). The van der Waals surface area contributed by atoms with E-state index in [0.717, 1.165) is 18.1 Å². The second-order valence-corrected chi connectivity index (χ2v) is 4.44. The van der Waals surface area contributed by atoms with Crippen LogP contribution in [0.25, 0.3) is 0 Å². The van der Waals surface area contributed by atoms with E-state index in [0.29, 0.717) is 0 Å². The zero-order chi connectivity index (χ0) is 10.8. The molecule has 0 heterocycles. The molecule has 0 aromatic heterocycles. The second-order valence-electron chi connectivity index (χ2n) is 3.29. The van der Waals surface area contributed by atoms with Crippen LogP contribution in [0.4, 0.5) is 0 Å². The van der Waals surface area contributed by atoms with Gasteiger partial charge in [0.05, 0.1) is 6.04 Å². The van der Waals surface area contributed by atoms with Gasteiger partial charge < -0.3 is 11.1 Å². The Kier molecular flexibility index (Phi) is 9.19. The third-order valence-corrected chi connectivity index (χ3v) is 3.12. The minimum atomic E-state index is -0.241. The predicted octanol–water partition coefficient (Wildman–Crippen LogP) is 1.37. The molecule has 4 heteroatoms. The molecule has 1 amide bonds. The van der Waals surface area contributed by atoms with E-state index in [1.54, 1.807) is 11.8 Å². The fraction of sp³-hybridized carbons (Fsp3) is 0.900. The molecular weight excluding hydrogens is 196 g/mol. The van der Waals surface area contributed by atoms with Crippen LogP contribution in [0.1, 0.15) is 33.1 Å². The van der Waals surface area contributed by atoms with Crippen LogP contribution in [-0.4, -0.2) is 30.0 Å². The van der Waals surface area contributed by atoms with Gasteiger partial charge in [0.1, 0.15) is 0 Å². The lowest BCUT2D eigenvalue weighted by molar-refractivity contribution is -0.119. The average Bonchev–Trinajstić information content (AvgIpc) is 2.15. The van der Waals surface area contributed by atoms with E-state index in [-0.39, 0.29) is 11.9 Å². The highest BCUT2D eigenvalue weighted by molar-refractivity contribution is 7.99. The second kappa shape index (κ2) is 9.34. The molecule has 1 unspecified atom stereocenters. The van der Waals surface area contributed by atoms with Gasteiger partial charge in [-0.25, -0.2) is 0 Å². The highest BCUT2D eigenvalue weighted by atomic mass is 32.2. The van der Waals surface area contributed by atoms with E-state index in [4.69, 9.17) is 5.73 Å². The SMILES string of the molecule is CCCCCSCC(NCC)C(N)=O. The quantitative estimate of drug-likeness (QED) is 0.575. The summed E-state index contributed by atoms with van der Waals surface area (Å²) >= 11 is 1.81. The fourth-order valence-corrected chi connectivity index (χ4v) is 2.24. The molecule has 0 aromatic rings. The van der Waals surface area contributed by atoms with E-state index in [2.05, 4.69) is 12.2 Å².